The largest absolute Gasteiger partial charge is 0.313 e. The zero-order valence-electron chi connectivity index (χ0n) is 32.3. The average Bonchev–Trinajstić information content (AvgIpc) is 3.76. The highest BCUT2D eigenvalue weighted by Crippen LogP contribution is 2.66. The number of allylic oxidation sites excluding steroid dienone is 5. The standard InChI is InChI=1S/C56H40N2/c1-4-35(5-2)37-23-27-39(28-24-37)48-32-52-54(46-19-9-7-15-42(46)48)55-47-20-10-8-16-43(47)49(40-29-25-38(26-30-40)36(6-3)31-41(58)34-57)33-53(55)56(52)50-21-13-11-17-44(50)45-18-12-14-22-51(45)56/h4-33,41H,1,3,58H2,2H3/b35-5+,36-31+. The molecule has 0 amide bonds. The third-order valence-electron chi connectivity index (χ3n) is 12.4. The van der Waals surface area contributed by atoms with Gasteiger partial charge in [-0.1, -0.05) is 177 Å². The molecule has 0 saturated heterocycles. The van der Waals surface area contributed by atoms with Gasteiger partial charge >= 0.3 is 0 Å². The van der Waals surface area contributed by atoms with E-state index in [0.29, 0.717) is 0 Å². The summed E-state index contributed by atoms with van der Waals surface area (Å²) in [6.45, 7) is 10.1. The molecule has 0 fully saturated rings. The van der Waals surface area contributed by atoms with Gasteiger partial charge in [0.15, 0.2) is 0 Å². The second kappa shape index (κ2) is 13.7. The van der Waals surface area contributed by atoms with E-state index in [1.165, 1.54) is 82.7 Å². The molecule has 10 rings (SSSR count). The van der Waals surface area contributed by atoms with Gasteiger partial charge in [0.2, 0.25) is 0 Å². The molecule has 8 aromatic carbocycles. The molecule has 1 unspecified atom stereocenters. The third kappa shape index (κ3) is 5.01. The van der Waals surface area contributed by atoms with Crippen molar-refractivity contribution in [2.45, 2.75) is 18.4 Å². The van der Waals surface area contributed by atoms with E-state index in [1.54, 1.807) is 12.2 Å². The Morgan fingerprint density at radius 2 is 0.948 bits per heavy atom. The Kier molecular flexibility index (Phi) is 8.30. The van der Waals surface area contributed by atoms with Crippen LogP contribution in [0.1, 0.15) is 40.3 Å². The van der Waals surface area contributed by atoms with Gasteiger partial charge in [-0.15, -0.1) is 0 Å². The van der Waals surface area contributed by atoms with Gasteiger partial charge in [0.1, 0.15) is 6.04 Å². The van der Waals surface area contributed by atoms with E-state index >= 15 is 0 Å². The summed E-state index contributed by atoms with van der Waals surface area (Å²) in [7, 11) is 0. The number of nitrogens with two attached hydrogens (primary N) is 1. The lowest BCUT2D eigenvalue weighted by Crippen LogP contribution is -2.26. The van der Waals surface area contributed by atoms with Crippen molar-refractivity contribution in [2.24, 2.45) is 5.73 Å². The summed E-state index contributed by atoms with van der Waals surface area (Å²) in [5.41, 5.74) is 24.6. The van der Waals surface area contributed by atoms with Crippen LogP contribution >= 0.6 is 0 Å². The van der Waals surface area contributed by atoms with Gasteiger partial charge in [-0.3, -0.25) is 0 Å². The van der Waals surface area contributed by atoms with Gasteiger partial charge in [-0.25, -0.2) is 0 Å². The maximum absolute atomic E-state index is 9.39. The molecule has 58 heavy (non-hydrogen) atoms. The van der Waals surface area contributed by atoms with Gasteiger partial charge in [0.05, 0.1) is 11.5 Å². The first-order chi connectivity index (χ1) is 28.5. The Hall–Kier alpha value is -7.31. The van der Waals surface area contributed by atoms with E-state index in [1.807, 2.05) is 6.08 Å². The fraction of sp³-hybridized carbons (Fsp3) is 0.0536. The van der Waals surface area contributed by atoms with E-state index in [-0.39, 0.29) is 0 Å². The van der Waals surface area contributed by atoms with E-state index in [0.717, 1.165) is 27.8 Å². The lowest BCUT2D eigenvalue weighted by molar-refractivity contribution is 0.795. The smallest absolute Gasteiger partial charge is 0.112 e. The van der Waals surface area contributed by atoms with Crippen LogP contribution in [0, 0.1) is 11.3 Å². The maximum Gasteiger partial charge on any atom is 0.112 e. The number of nitriles is 1. The number of benzene rings is 8. The topological polar surface area (TPSA) is 49.8 Å². The highest BCUT2D eigenvalue weighted by atomic mass is 14.6. The molecule has 0 radical (unpaired) electrons. The van der Waals surface area contributed by atoms with Crippen LogP contribution in [0.4, 0.5) is 0 Å². The summed E-state index contributed by atoms with van der Waals surface area (Å²) in [6, 6.07) is 59.9. The summed E-state index contributed by atoms with van der Waals surface area (Å²) in [6.07, 6.45) is 7.56. The molecular formula is C56H40N2. The minimum Gasteiger partial charge on any atom is -0.313 e. The molecule has 0 aliphatic heterocycles. The van der Waals surface area contributed by atoms with Gasteiger partial charge in [-0.2, -0.15) is 5.26 Å². The SMILES string of the molecule is C=C/C(=C\C)c1ccc(-c2cc3c(c4ccccc24)-c2c(cc(-c4ccc(/C(C=C)=C/C(N)C#N)cc4)c4ccccc24)C32c3ccccc3-c3ccccc32)cc1. The fourth-order valence-electron chi connectivity index (χ4n) is 9.92. The lowest BCUT2D eigenvalue weighted by Gasteiger charge is -2.31. The quantitative estimate of drug-likeness (QED) is 0.165. The van der Waals surface area contributed by atoms with Crippen molar-refractivity contribution < 1.29 is 0 Å². The molecule has 1 spiro atoms. The molecular weight excluding hydrogens is 701 g/mol. The zero-order chi connectivity index (χ0) is 39.5. The van der Waals surface area contributed by atoms with Gasteiger partial charge in [0, 0.05) is 0 Å². The van der Waals surface area contributed by atoms with Crippen LogP contribution in [0.2, 0.25) is 0 Å². The van der Waals surface area contributed by atoms with Gasteiger partial charge in [-0.05, 0) is 136 Å². The number of fused-ring (bicyclic) bond motifs is 14. The van der Waals surface area contributed by atoms with Crippen molar-refractivity contribution in [2.75, 3.05) is 0 Å². The summed E-state index contributed by atoms with van der Waals surface area (Å²) in [5, 5.41) is 14.3. The zero-order valence-corrected chi connectivity index (χ0v) is 32.3. The molecule has 274 valence electrons. The predicted octanol–water partition coefficient (Wildman–Crippen LogP) is 13.7. The van der Waals surface area contributed by atoms with Crippen molar-refractivity contribution >= 4 is 32.7 Å². The van der Waals surface area contributed by atoms with Gasteiger partial charge < -0.3 is 5.73 Å². The second-order valence-electron chi connectivity index (χ2n) is 15.2. The molecule has 2 aliphatic carbocycles. The second-order valence-corrected chi connectivity index (χ2v) is 15.2. The van der Waals surface area contributed by atoms with Crippen molar-refractivity contribution in [3.05, 3.63) is 229 Å². The molecule has 0 bridgehead atoms. The van der Waals surface area contributed by atoms with Crippen molar-refractivity contribution in [1.29, 1.82) is 5.26 Å². The van der Waals surface area contributed by atoms with E-state index in [4.69, 9.17) is 5.73 Å². The fourth-order valence-corrected chi connectivity index (χ4v) is 9.92. The minimum absolute atomic E-state index is 0.567. The Bertz CT molecular complexity index is 3070. The normalized spacial score (nSPS) is 14.1. The van der Waals surface area contributed by atoms with Crippen LogP contribution in [-0.2, 0) is 5.41 Å². The maximum atomic E-state index is 9.39. The Balaban J connectivity index is 1.31. The molecule has 2 nitrogen and oxygen atoms in total. The summed E-state index contributed by atoms with van der Waals surface area (Å²) >= 11 is 0. The highest BCUT2D eigenvalue weighted by molar-refractivity contribution is 6.18. The molecule has 2 N–H and O–H groups in total. The molecule has 2 heteroatoms. The van der Waals surface area contributed by atoms with E-state index in [9.17, 15) is 5.26 Å². The number of nitrogens with zero attached hydrogens (tertiary/aromatic N) is 1. The molecule has 1 atom stereocenters. The lowest BCUT2D eigenvalue weighted by atomic mass is 9.69. The molecule has 0 heterocycles. The Labute approximate surface area is 339 Å². The summed E-state index contributed by atoms with van der Waals surface area (Å²) in [5.74, 6) is 0. The number of hydrogen-bond donors (Lipinski definition) is 1. The average molecular weight is 741 g/mol. The van der Waals surface area contributed by atoms with Crippen molar-refractivity contribution in [1.82, 2.24) is 0 Å². The van der Waals surface area contributed by atoms with Crippen LogP contribution in [-0.4, -0.2) is 6.04 Å². The minimum atomic E-state index is -0.706. The monoisotopic (exact) mass is 740 g/mol. The number of hydrogen-bond acceptors (Lipinski definition) is 2. The summed E-state index contributed by atoms with van der Waals surface area (Å²) in [4.78, 5) is 0. The first-order valence-electron chi connectivity index (χ1n) is 19.8. The van der Waals surface area contributed by atoms with Crippen molar-refractivity contribution in [3.8, 4) is 50.6 Å². The molecule has 0 saturated carbocycles. The first kappa shape index (κ1) is 35.1. The Morgan fingerprint density at radius 1 is 0.534 bits per heavy atom. The molecule has 2 aliphatic rings. The first-order valence-corrected chi connectivity index (χ1v) is 19.8. The van der Waals surface area contributed by atoms with Crippen LogP contribution in [0.5, 0.6) is 0 Å². The molecule has 8 aromatic rings. The van der Waals surface area contributed by atoms with E-state index in [2.05, 4.69) is 190 Å². The van der Waals surface area contributed by atoms with Gasteiger partial charge in [0.25, 0.3) is 0 Å². The van der Waals surface area contributed by atoms with E-state index < -0.39 is 11.5 Å². The predicted molar refractivity (Wildman–Crippen MR) is 244 cm³/mol. The van der Waals surface area contributed by atoms with Crippen LogP contribution < -0.4 is 5.73 Å². The summed E-state index contributed by atoms with van der Waals surface area (Å²) < 4.78 is 0. The van der Waals surface area contributed by atoms with Crippen LogP contribution in [0.15, 0.2) is 195 Å². The van der Waals surface area contributed by atoms with Crippen molar-refractivity contribution in [3.63, 3.8) is 0 Å². The Morgan fingerprint density at radius 3 is 1.38 bits per heavy atom. The molecule has 0 aromatic heterocycles. The van der Waals surface area contributed by atoms with Crippen LogP contribution in [0.3, 0.4) is 0 Å². The number of rotatable bonds is 7. The highest BCUT2D eigenvalue weighted by Gasteiger charge is 2.53. The third-order valence-corrected chi connectivity index (χ3v) is 12.4. The van der Waals surface area contributed by atoms with Crippen LogP contribution in [0.25, 0.3) is 77.2 Å².